The van der Waals surface area contributed by atoms with Crippen LogP contribution in [0.3, 0.4) is 0 Å². The van der Waals surface area contributed by atoms with Crippen molar-refractivity contribution in [3.8, 4) is 5.69 Å². The molecule has 0 aliphatic carbocycles. The average Bonchev–Trinajstić information content (AvgIpc) is 3.14. The number of nitrogens with zero attached hydrogens (tertiary/aromatic N) is 3. The van der Waals surface area contributed by atoms with E-state index in [1.165, 1.54) is 28.0 Å². The maximum Gasteiger partial charge on any atom is 0.264 e. The monoisotopic (exact) mass is 464 g/mol. The minimum atomic E-state index is -0.422. The highest BCUT2D eigenvalue weighted by atomic mass is 35.5. The second-order valence-corrected chi connectivity index (χ2v) is 9.09. The summed E-state index contributed by atoms with van der Waals surface area (Å²) in [5.41, 5.74) is 2.41. The molecule has 0 amide bonds. The number of hydrogen-bond acceptors (Lipinski definition) is 5. The van der Waals surface area contributed by atoms with Crippen LogP contribution in [0.1, 0.15) is 23.7 Å². The zero-order valence-corrected chi connectivity index (χ0v) is 18.8. The van der Waals surface area contributed by atoms with Crippen LogP contribution in [0.2, 0.25) is 5.02 Å². The van der Waals surface area contributed by atoms with Gasteiger partial charge in [0, 0.05) is 11.9 Å². The van der Waals surface area contributed by atoms with Crippen LogP contribution in [0, 0.1) is 12.7 Å². The van der Waals surface area contributed by atoms with Gasteiger partial charge in [-0.2, -0.15) is 0 Å². The highest BCUT2D eigenvalue weighted by Crippen LogP contribution is 2.31. The van der Waals surface area contributed by atoms with E-state index in [0.29, 0.717) is 21.8 Å². The van der Waals surface area contributed by atoms with E-state index in [4.69, 9.17) is 11.6 Å². The summed E-state index contributed by atoms with van der Waals surface area (Å²) in [7, 11) is 0. The third-order valence-corrected chi connectivity index (χ3v) is 6.50. The first-order valence-corrected chi connectivity index (χ1v) is 11.2. The van der Waals surface area contributed by atoms with E-state index in [0.717, 1.165) is 26.4 Å². The van der Waals surface area contributed by atoms with Gasteiger partial charge in [-0.15, -0.1) is 0 Å². The predicted octanol–water partition coefficient (Wildman–Crippen LogP) is 6.27. The Kier molecular flexibility index (Phi) is 5.15. The van der Waals surface area contributed by atoms with Crippen LogP contribution >= 0.6 is 22.9 Å². The van der Waals surface area contributed by atoms with Crippen LogP contribution in [-0.4, -0.2) is 14.5 Å². The second kappa shape index (κ2) is 8.00. The lowest BCUT2D eigenvalue weighted by Crippen LogP contribution is -2.25. The first kappa shape index (κ1) is 20.6. The van der Waals surface area contributed by atoms with Crippen molar-refractivity contribution in [2.24, 2.45) is 0 Å². The molecule has 0 radical (unpaired) electrons. The first-order valence-electron chi connectivity index (χ1n) is 10.0. The molecule has 1 N–H and O–H groups in total. The highest BCUT2D eigenvalue weighted by molar-refractivity contribution is 7.18. The largest absolute Gasteiger partial charge is 0.375 e. The molecule has 1 atom stereocenters. The number of pyridine rings is 2. The third-order valence-electron chi connectivity index (χ3n) is 5.31. The fourth-order valence-corrected chi connectivity index (χ4v) is 4.95. The summed E-state index contributed by atoms with van der Waals surface area (Å²) in [6.45, 7) is 3.89. The predicted molar refractivity (Wildman–Crippen MR) is 129 cm³/mol. The summed E-state index contributed by atoms with van der Waals surface area (Å²) in [5.74, 6) is -0.422. The molecule has 0 saturated carbocycles. The van der Waals surface area contributed by atoms with Crippen molar-refractivity contribution in [2.75, 3.05) is 5.32 Å². The number of nitrogens with one attached hydrogen (secondary N) is 1. The van der Waals surface area contributed by atoms with Gasteiger partial charge in [-0.3, -0.25) is 9.36 Å². The van der Waals surface area contributed by atoms with Gasteiger partial charge in [-0.25, -0.2) is 14.4 Å². The number of aromatic nitrogens is 3. The van der Waals surface area contributed by atoms with Crippen molar-refractivity contribution >= 4 is 49.7 Å². The molecule has 0 fully saturated rings. The van der Waals surface area contributed by atoms with Gasteiger partial charge < -0.3 is 5.32 Å². The number of hydrogen-bond donors (Lipinski definition) is 1. The molecule has 8 heteroatoms. The minimum Gasteiger partial charge on any atom is -0.375 e. The molecule has 0 aliphatic heterocycles. The number of rotatable bonds is 4. The van der Waals surface area contributed by atoms with Crippen molar-refractivity contribution in [1.82, 2.24) is 14.5 Å². The number of thiazole rings is 1. The SMILES string of the molecule is Cc1nc2c(N[C@@H](C)c3cc4cccc(Cl)c4c(=O)n3-c3cccc(F)c3)ccnc2s1. The Morgan fingerprint density at radius 3 is 2.78 bits per heavy atom. The van der Waals surface area contributed by atoms with Crippen molar-refractivity contribution in [1.29, 1.82) is 0 Å². The van der Waals surface area contributed by atoms with E-state index in [1.807, 2.05) is 38.1 Å². The summed E-state index contributed by atoms with van der Waals surface area (Å²) in [6.07, 6.45) is 1.73. The molecule has 0 bridgehead atoms. The Morgan fingerprint density at radius 2 is 1.97 bits per heavy atom. The van der Waals surface area contributed by atoms with Gasteiger partial charge in [-0.05, 0) is 55.6 Å². The molecule has 160 valence electrons. The van der Waals surface area contributed by atoms with Crippen molar-refractivity contribution < 1.29 is 4.39 Å². The van der Waals surface area contributed by atoms with Crippen LogP contribution in [-0.2, 0) is 0 Å². The maximum absolute atomic E-state index is 14.1. The molecule has 0 unspecified atom stereocenters. The highest BCUT2D eigenvalue weighted by Gasteiger charge is 2.19. The smallest absolute Gasteiger partial charge is 0.264 e. The Labute approximate surface area is 192 Å². The van der Waals surface area contributed by atoms with Gasteiger partial charge in [0.1, 0.15) is 16.2 Å². The van der Waals surface area contributed by atoms with Gasteiger partial charge in [0.25, 0.3) is 5.56 Å². The number of fused-ring (bicyclic) bond motifs is 2. The molecular formula is C24H18ClFN4OS. The third kappa shape index (κ3) is 3.53. The summed E-state index contributed by atoms with van der Waals surface area (Å²) in [4.78, 5) is 23.4. The molecule has 3 heterocycles. The number of halogens is 2. The second-order valence-electron chi connectivity index (χ2n) is 7.50. The molecule has 5 rings (SSSR count). The first-order chi connectivity index (χ1) is 15.4. The molecule has 3 aromatic heterocycles. The summed E-state index contributed by atoms with van der Waals surface area (Å²) in [5, 5.41) is 5.87. The van der Waals surface area contributed by atoms with Crippen LogP contribution in [0.25, 0.3) is 26.8 Å². The Balaban J connectivity index is 1.71. The molecular weight excluding hydrogens is 447 g/mol. The van der Waals surface area contributed by atoms with Crippen molar-refractivity contribution in [3.63, 3.8) is 0 Å². The summed E-state index contributed by atoms with van der Waals surface area (Å²) in [6, 6.07) is 14.8. The molecule has 5 aromatic rings. The average molecular weight is 465 g/mol. The number of anilines is 1. The molecule has 0 aliphatic rings. The molecule has 5 nitrogen and oxygen atoms in total. The lowest BCUT2D eigenvalue weighted by atomic mass is 10.1. The van der Waals surface area contributed by atoms with Crippen LogP contribution in [0.4, 0.5) is 10.1 Å². The van der Waals surface area contributed by atoms with E-state index in [-0.39, 0.29) is 11.6 Å². The Bertz CT molecular complexity index is 1540. The maximum atomic E-state index is 14.1. The van der Waals surface area contributed by atoms with Gasteiger partial charge in [-0.1, -0.05) is 41.1 Å². The number of benzene rings is 2. The molecule has 2 aromatic carbocycles. The summed E-state index contributed by atoms with van der Waals surface area (Å²) < 4.78 is 15.6. The van der Waals surface area contributed by atoms with Crippen molar-refractivity contribution in [2.45, 2.75) is 19.9 Å². The van der Waals surface area contributed by atoms with E-state index in [2.05, 4.69) is 15.3 Å². The van der Waals surface area contributed by atoms with Crippen molar-refractivity contribution in [3.05, 3.63) is 92.7 Å². The minimum absolute atomic E-state index is 0.299. The summed E-state index contributed by atoms with van der Waals surface area (Å²) >= 11 is 7.89. The van der Waals surface area contributed by atoms with Crippen LogP contribution in [0.5, 0.6) is 0 Å². The standard InChI is InChI=1S/C24H18ClFN4OS/c1-13(28-19-9-10-27-23-22(19)29-14(2)32-23)20-11-15-5-3-8-18(25)21(15)24(31)30(20)17-7-4-6-16(26)12-17/h3-13H,1-2H3,(H,27,28)/t13-/m0/s1. The van der Waals surface area contributed by atoms with E-state index in [1.54, 1.807) is 24.4 Å². The zero-order valence-electron chi connectivity index (χ0n) is 17.3. The normalized spacial score (nSPS) is 12.4. The fourth-order valence-electron chi connectivity index (χ4n) is 3.90. The number of aryl methyl sites for hydroxylation is 1. The van der Waals surface area contributed by atoms with Gasteiger partial charge in [0.2, 0.25) is 0 Å². The van der Waals surface area contributed by atoms with E-state index in [9.17, 15) is 9.18 Å². The van der Waals surface area contributed by atoms with E-state index >= 15 is 0 Å². The molecule has 0 saturated heterocycles. The zero-order chi connectivity index (χ0) is 22.4. The molecule has 32 heavy (non-hydrogen) atoms. The van der Waals surface area contributed by atoms with Crippen LogP contribution in [0.15, 0.2) is 65.6 Å². The van der Waals surface area contributed by atoms with Crippen LogP contribution < -0.4 is 10.9 Å². The quantitative estimate of drug-likeness (QED) is 0.340. The Morgan fingerprint density at radius 1 is 1.16 bits per heavy atom. The lowest BCUT2D eigenvalue weighted by Gasteiger charge is -2.22. The fraction of sp³-hybridized carbons (Fsp3) is 0.125. The Hall–Kier alpha value is -3.29. The molecule has 0 spiro atoms. The van der Waals surface area contributed by atoms with E-state index < -0.39 is 5.82 Å². The lowest BCUT2D eigenvalue weighted by molar-refractivity contribution is 0.625. The topological polar surface area (TPSA) is 59.8 Å². The van der Waals surface area contributed by atoms with Gasteiger partial charge >= 0.3 is 0 Å². The van der Waals surface area contributed by atoms with Gasteiger partial charge in [0.05, 0.1) is 32.8 Å². The van der Waals surface area contributed by atoms with Gasteiger partial charge in [0.15, 0.2) is 0 Å².